The molecular weight excluding hydrogens is 308 g/mol. The molecule has 118 valence electrons. The number of nitrogens with two attached hydrogens (primary N) is 1. The van der Waals surface area contributed by atoms with Crippen molar-refractivity contribution in [2.75, 3.05) is 0 Å². The first-order valence-electron chi connectivity index (χ1n) is 7.32. The topological polar surface area (TPSA) is 72.2 Å². The molecule has 0 radical (unpaired) electrons. The summed E-state index contributed by atoms with van der Waals surface area (Å²) in [6.07, 6.45) is 2.90. The van der Waals surface area contributed by atoms with Gasteiger partial charge < -0.3 is 5.73 Å². The predicted molar refractivity (Wildman–Crippen MR) is 85.6 cm³/mol. The standard InChI is InChI=1S/C15H23ClN2O2S/c1-10-5-11(2)7-13(6-10)18-21(19,20)15-8-12(9-17)3-4-14(15)16/h3-4,8,10-11,13,18H,5-7,9,17H2,1-2H3. The zero-order chi connectivity index (χ0) is 15.6. The summed E-state index contributed by atoms with van der Waals surface area (Å²) in [6, 6.07) is 4.86. The minimum Gasteiger partial charge on any atom is -0.326 e. The van der Waals surface area contributed by atoms with Crippen molar-refractivity contribution in [3.63, 3.8) is 0 Å². The molecule has 1 aromatic carbocycles. The monoisotopic (exact) mass is 330 g/mol. The largest absolute Gasteiger partial charge is 0.326 e. The van der Waals surface area contributed by atoms with E-state index in [1.165, 1.54) is 0 Å². The van der Waals surface area contributed by atoms with Gasteiger partial charge in [-0.15, -0.1) is 0 Å². The SMILES string of the molecule is CC1CC(C)CC(NS(=O)(=O)c2cc(CN)ccc2Cl)C1. The predicted octanol–water partition coefficient (Wildman–Crippen LogP) is 2.90. The van der Waals surface area contributed by atoms with Gasteiger partial charge in [0.2, 0.25) is 10.0 Å². The first-order chi connectivity index (χ1) is 9.81. The van der Waals surface area contributed by atoms with Crippen molar-refractivity contribution < 1.29 is 8.42 Å². The third kappa shape index (κ3) is 4.19. The summed E-state index contributed by atoms with van der Waals surface area (Å²) in [5.41, 5.74) is 6.33. The van der Waals surface area contributed by atoms with Crippen molar-refractivity contribution in [2.24, 2.45) is 17.6 Å². The third-order valence-corrected chi connectivity index (χ3v) is 6.02. The fourth-order valence-electron chi connectivity index (χ4n) is 3.21. The summed E-state index contributed by atoms with van der Waals surface area (Å²) in [4.78, 5) is 0.123. The van der Waals surface area contributed by atoms with E-state index in [1.807, 2.05) is 0 Å². The van der Waals surface area contributed by atoms with Crippen LogP contribution in [0.1, 0.15) is 38.7 Å². The van der Waals surface area contributed by atoms with E-state index in [2.05, 4.69) is 18.6 Å². The smallest absolute Gasteiger partial charge is 0.242 e. The van der Waals surface area contributed by atoms with E-state index < -0.39 is 10.0 Å². The molecule has 1 saturated carbocycles. The molecule has 2 unspecified atom stereocenters. The number of benzene rings is 1. The molecule has 2 atom stereocenters. The van der Waals surface area contributed by atoms with Crippen LogP contribution in [0.3, 0.4) is 0 Å². The average Bonchev–Trinajstić information content (AvgIpc) is 2.37. The lowest BCUT2D eigenvalue weighted by Crippen LogP contribution is -2.40. The van der Waals surface area contributed by atoms with Gasteiger partial charge >= 0.3 is 0 Å². The van der Waals surface area contributed by atoms with E-state index in [1.54, 1.807) is 18.2 Å². The van der Waals surface area contributed by atoms with Crippen LogP contribution in [-0.4, -0.2) is 14.5 Å². The number of sulfonamides is 1. The van der Waals surface area contributed by atoms with Crippen molar-refractivity contribution in [1.29, 1.82) is 0 Å². The molecule has 21 heavy (non-hydrogen) atoms. The summed E-state index contributed by atoms with van der Waals surface area (Å²) in [5, 5.41) is 0.233. The Morgan fingerprint density at radius 2 is 1.86 bits per heavy atom. The molecule has 0 aliphatic heterocycles. The normalized spacial score (nSPS) is 26.8. The van der Waals surface area contributed by atoms with Crippen molar-refractivity contribution >= 4 is 21.6 Å². The third-order valence-electron chi connectivity index (χ3n) is 4.02. The molecule has 0 spiro atoms. The molecule has 1 aliphatic carbocycles. The Labute approximate surface area is 132 Å². The van der Waals surface area contributed by atoms with Gasteiger partial charge in [-0.3, -0.25) is 0 Å². The molecule has 0 saturated heterocycles. The van der Waals surface area contributed by atoms with E-state index in [4.69, 9.17) is 17.3 Å². The zero-order valence-electron chi connectivity index (χ0n) is 12.5. The van der Waals surface area contributed by atoms with Crippen molar-refractivity contribution in [3.05, 3.63) is 28.8 Å². The van der Waals surface area contributed by atoms with Gasteiger partial charge in [-0.1, -0.05) is 31.5 Å². The minimum absolute atomic E-state index is 0.0219. The lowest BCUT2D eigenvalue weighted by atomic mass is 9.81. The average molecular weight is 331 g/mol. The first-order valence-corrected chi connectivity index (χ1v) is 9.18. The van der Waals surface area contributed by atoms with E-state index in [0.29, 0.717) is 11.8 Å². The van der Waals surface area contributed by atoms with Crippen LogP contribution >= 0.6 is 11.6 Å². The fraction of sp³-hybridized carbons (Fsp3) is 0.600. The van der Waals surface area contributed by atoms with Crippen molar-refractivity contribution in [1.82, 2.24) is 4.72 Å². The van der Waals surface area contributed by atoms with Gasteiger partial charge in [-0.25, -0.2) is 13.1 Å². The van der Waals surface area contributed by atoms with Gasteiger partial charge in [-0.2, -0.15) is 0 Å². The molecule has 2 rings (SSSR count). The van der Waals surface area contributed by atoms with E-state index in [0.717, 1.165) is 24.8 Å². The molecule has 0 amide bonds. The Bertz CT molecular complexity index is 594. The number of rotatable bonds is 4. The second-order valence-electron chi connectivity index (χ2n) is 6.20. The van der Waals surface area contributed by atoms with Gasteiger partial charge in [0.05, 0.1) is 5.02 Å². The Morgan fingerprint density at radius 1 is 1.24 bits per heavy atom. The molecular formula is C15H23ClN2O2S. The summed E-state index contributed by atoms with van der Waals surface area (Å²) in [6.45, 7) is 4.62. The van der Waals surface area contributed by atoms with Crippen molar-refractivity contribution in [3.8, 4) is 0 Å². The van der Waals surface area contributed by atoms with Crippen LogP contribution in [0.2, 0.25) is 5.02 Å². The maximum atomic E-state index is 12.6. The highest BCUT2D eigenvalue weighted by Gasteiger charge is 2.29. The molecule has 1 aliphatic rings. The van der Waals surface area contributed by atoms with Crippen molar-refractivity contribution in [2.45, 2.75) is 50.6 Å². The molecule has 1 fully saturated rings. The van der Waals surface area contributed by atoms with Crippen LogP contribution in [0, 0.1) is 11.8 Å². The van der Waals surface area contributed by atoms with Crippen LogP contribution in [-0.2, 0) is 16.6 Å². The lowest BCUT2D eigenvalue weighted by molar-refractivity contribution is 0.257. The van der Waals surface area contributed by atoms with Crippen LogP contribution < -0.4 is 10.5 Å². The number of hydrogen-bond acceptors (Lipinski definition) is 3. The zero-order valence-corrected chi connectivity index (χ0v) is 14.0. The molecule has 6 heteroatoms. The first kappa shape index (κ1) is 16.7. The molecule has 3 N–H and O–H groups in total. The molecule has 0 bridgehead atoms. The number of nitrogens with one attached hydrogen (secondary N) is 1. The summed E-state index contributed by atoms with van der Waals surface area (Å²) >= 11 is 6.05. The Kier molecular flexibility index (Phi) is 5.30. The highest BCUT2D eigenvalue weighted by atomic mass is 35.5. The summed E-state index contributed by atoms with van der Waals surface area (Å²) in [5.74, 6) is 1.07. The quantitative estimate of drug-likeness (QED) is 0.891. The van der Waals surface area contributed by atoms with Gasteiger partial charge in [-0.05, 0) is 48.8 Å². The lowest BCUT2D eigenvalue weighted by Gasteiger charge is -2.31. The van der Waals surface area contributed by atoms with Crippen LogP contribution in [0.4, 0.5) is 0 Å². The van der Waals surface area contributed by atoms with Gasteiger partial charge in [0.25, 0.3) is 0 Å². The van der Waals surface area contributed by atoms with Gasteiger partial charge in [0, 0.05) is 12.6 Å². The Balaban J connectivity index is 2.22. The summed E-state index contributed by atoms with van der Waals surface area (Å²) < 4.78 is 27.9. The van der Waals surface area contributed by atoms with E-state index in [-0.39, 0.29) is 22.5 Å². The van der Waals surface area contributed by atoms with E-state index in [9.17, 15) is 8.42 Å². The molecule has 0 heterocycles. The van der Waals surface area contributed by atoms with E-state index >= 15 is 0 Å². The Morgan fingerprint density at radius 3 is 2.43 bits per heavy atom. The second-order valence-corrected chi connectivity index (χ2v) is 8.29. The highest BCUT2D eigenvalue weighted by molar-refractivity contribution is 7.89. The summed E-state index contributed by atoms with van der Waals surface area (Å²) in [7, 11) is -3.61. The Hall–Kier alpha value is -0.620. The number of hydrogen-bond donors (Lipinski definition) is 2. The van der Waals surface area contributed by atoms with Gasteiger partial charge in [0.1, 0.15) is 4.90 Å². The fourth-order valence-corrected chi connectivity index (χ4v) is 5.02. The molecule has 4 nitrogen and oxygen atoms in total. The van der Waals surface area contributed by atoms with Crippen LogP contribution in [0.15, 0.2) is 23.1 Å². The van der Waals surface area contributed by atoms with Crippen LogP contribution in [0.25, 0.3) is 0 Å². The maximum Gasteiger partial charge on any atom is 0.242 e. The maximum absolute atomic E-state index is 12.6. The second kappa shape index (κ2) is 6.65. The highest BCUT2D eigenvalue weighted by Crippen LogP contribution is 2.30. The molecule has 0 aromatic heterocycles. The van der Waals surface area contributed by atoms with Gasteiger partial charge in [0.15, 0.2) is 0 Å². The minimum atomic E-state index is -3.61. The molecule has 1 aromatic rings. The number of halogens is 1. The van der Waals surface area contributed by atoms with Crippen LogP contribution in [0.5, 0.6) is 0 Å².